The van der Waals surface area contributed by atoms with Gasteiger partial charge in [-0.05, 0) is 61.6 Å². The molecule has 1 aromatic heterocycles. The van der Waals surface area contributed by atoms with Gasteiger partial charge >= 0.3 is 12.2 Å². The van der Waals surface area contributed by atoms with Gasteiger partial charge in [-0.25, -0.2) is 4.79 Å². The minimum atomic E-state index is -4.48. The van der Waals surface area contributed by atoms with E-state index in [9.17, 15) is 18.0 Å². The Labute approximate surface area is 228 Å². The lowest BCUT2D eigenvalue weighted by Gasteiger charge is -2.52. The maximum Gasteiger partial charge on any atom is 0.417 e. The van der Waals surface area contributed by atoms with Crippen molar-refractivity contribution >= 4 is 29.2 Å². The first-order chi connectivity index (χ1) is 18.0. The van der Waals surface area contributed by atoms with Crippen LogP contribution in [0.4, 0.5) is 18.0 Å². The molecule has 3 fully saturated rings. The summed E-state index contributed by atoms with van der Waals surface area (Å²) in [5.41, 5.74) is -0.160. The van der Waals surface area contributed by atoms with Crippen molar-refractivity contribution < 1.29 is 18.0 Å². The summed E-state index contributed by atoms with van der Waals surface area (Å²) in [6, 6.07) is 10.5. The van der Waals surface area contributed by atoms with Gasteiger partial charge in [-0.3, -0.25) is 0 Å². The van der Waals surface area contributed by atoms with Gasteiger partial charge in [0, 0.05) is 31.1 Å². The number of carbonyl (C=O) groups is 1. The van der Waals surface area contributed by atoms with Crippen molar-refractivity contribution in [2.45, 2.75) is 56.7 Å². The van der Waals surface area contributed by atoms with Gasteiger partial charge in [-0.15, -0.1) is 10.2 Å². The predicted molar refractivity (Wildman–Crippen MR) is 140 cm³/mol. The van der Waals surface area contributed by atoms with E-state index in [2.05, 4.69) is 20.8 Å². The van der Waals surface area contributed by atoms with E-state index in [-0.39, 0.29) is 34.8 Å². The molecule has 0 radical (unpaired) electrons. The molecule has 6 nitrogen and oxygen atoms in total. The van der Waals surface area contributed by atoms with E-state index < -0.39 is 11.7 Å². The Kier molecular flexibility index (Phi) is 7.11. The average Bonchev–Trinajstić information content (AvgIpc) is 3.31. The van der Waals surface area contributed by atoms with E-state index >= 15 is 0 Å². The third-order valence-corrected chi connectivity index (χ3v) is 9.18. The zero-order valence-electron chi connectivity index (χ0n) is 20.8. The molecule has 3 aromatic rings. The number of nitrogens with one attached hydrogen (secondary N) is 2. The summed E-state index contributed by atoms with van der Waals surface area (Å²) in [5.74, 6) is 0.963. The fraction of sp³-hybridized carbons (Fsp3) is 0.444. The second-order valence-electron chi connectivity index (χ2n) is 10.5. The highest BCUT2D eigenvalue weighted by molar-refractivity contribution is 6.42. The molecule has 6 rings (SSSR count). The Morgan fingerprint density at radius 2 is 1.66 bits per heavy atom. The first-order valence-corrected chi connectivity index (χ1v) is 13.3. The fourth-order valence-corrected chi connectivity index (χ4v) is 6.39. The molecule has 2 amide bonds. The summed E-state index contributed by atoms with van der Waals surface area (Å²) < 4.78 is 42.6. The maximum atomic E-state index is 13.6. The van der Waals surface area contributed by atoms with Crippen LogP contribution in [-0.2, 0) is 25.2 Å². The van der Waals surface area contributed by atoms with Gasteiger partial charge in [0.15, 0.2) is 5.82 Å². The van der Waals surface area contributed by atoms with Crippen LogP contribution < -0.4 is 10.6 Å². The van der Waals surface area contributed by atoms with Gasteiger partial charge in [0.05, 0.1) is 15.6 Å². The highest BCUT2D eigenvalue weighted by Crippen LogP contribution is 2.57. The Balaban J connectivity index is 1.23. The molecular weight excluding hydrogens is 538 g/mol. The monoisotopic (exact) mass is 565 g/mol. The fourth-order valence-electron chi connectivity index (χ4n) is 6.01. The number of carbonyl (C=O) groups excluding carboxylic acids is 1. The van der Waals surface area contributed by atoms with Crippen molar-refractivity contribution in [1.82, 2.24) is 25.4 Å². The normalized spacial score (nSPS) is 22.9. The number of rotatable bonds is 6. The van der Waals surface area contributed by atoms with Crippen molar-refractivity contribution in [2.75, 3.05) is 6.54 Å². The Morgan fingerprint density at radius 1 is 0.974 bits per heavy atom. The van der Waals surface area contributed by atoms with Crippen molar-refractivity contribution in [3.63, 3.8) is 0 Å². The second kappa shape index (κ2) is 10.1. The van der Waals surface area contributed by atoms with Gasteiger partial charge < -0.3 is 15.2 Å². The number of halogens is 5. The van der Waals surface area contributed by atoms with E-state index in [1.165, 1.54) is 12.1 Å². The molecule has 1 heterocycles. The quantitative estimate of drug-likeness (QED) is 0.341. The molecule has 38 heavy (non-hydrogen) atoms. The second-order valence-corrected chi connectivity index (χ2v) is 11.3. The Morgan fingerprint density at radius 3 is 2.34 bits per heavy atom. The minimum Gasteiger partial charge on any atom is -0.338 e. The number of aromatic nitrogens is 3. The van der Waals surface area contributed by atoms with Crippen LogP contribution in [0.5, 0.6) is 0 Å². The number of amides is 2. The van der Waals surface area contributed by atoms with Crippen LogP contribution in [0.1, 0.15) is 55.5 Å². The topological polar surface area (TPSA) is 71.8 Å². The summed E-state index contributed by atoms with van der Waals surface area (Å²) in [4.78, 5) is 12.5. The first-order valence-electron chi connectivity index (χ1n) is 12.5. The number of fused-ring (bicyclic) bond motifs is 3. The molecule has 3 aliphatic rings. The molecular formula is C27H28Cl2F3N5O. The molecule has 2 bridgehead atoms. The molecule has 0 spiro atoms. The summed E-state index contributed by atoms with van der Waals surface area (Å²) in [5, 5.41) is 15.4. The van der Waals surface area contributed by atoms with Crippen LogP contribution >= 0.6 is 23.2 Å². The highest BCUT2D eigenvalue weighted by atomic mass is 35.5. The number of nitrogens with zero attached hydrogens (tertiary/aromatic N) is 3. The summed E-state index contributed by atoms with van der Waals surface area (Å²) in [6.45, 7) is 0.828. The lowest BCUT2D eigenvalue weighted by Crippen LogP contribution is -2.51. The zero-order valence-corrected chi connectivity index (χ0v) is 22.3. The number of benzene rings is 2. The molecule has 0 saturated heterocycles. The SMILES string of the molecule is Cn1c(-c2ccccc2C(F)(F)F)nnc1C12CCC(CNC(=O)NCc3cccc(Cl)c3Cl)(CC1)CC2. The molecule has 2 N–H and O–H groups in total. The Bertz CT molecular complexity index is 1330. The number of hydrogen-bond acceptors (Lipinski definition) is 3. The van der Waals surface area contributed by atoms with Gasteiger partial charge in [-0.1, -0.05) is 53.5 Å². The molecule has 2 aromatic carbocycles. The first kappa shape index (κ1) is 26.8. The molecule has 202 valence electrons. The lowest BCUT2D eigenvalue weighted by atomic mass is 9.53. The van der Waals surface area contributed by atoms with Gasteiger partial charge in [0.25, 0.3) is 0 Å². The summed E-state index contributed by atoms with van der Waals surface area (Å²) in [6.07, 6.45) is 0.762. The largest absolute Gasteiger partial charge is 0.417 e. The van der Waals surface area contributed by atoms with Crippen LogP contribution in [0.3, 0.4) is 0 Å². The Hall–Kier alpha value is -2.78. The van der Waals surface area contributed by atoms with Crippen LogP contribution in [0.15, 0.2) is 42.5 Å². The van der Waals surface area contributed by atoms with Gasteiger partial charge in [-0.2, -0.15) is 13.2 Å². The van der Waals surface area contributed by atoms with E-state index in [4.69, 9.17) is 23.2 Å². The smallest absolute Gasteiger partial charge is 0.338 e. The molecule has 0 aliphatic heterocycles. The lowest BCUT2D eigenvalue weighted by molar-refractivity contribution is -0.137. The van der Waals surface area contributed by atoms with Gasteiger partial charge in [0.1, 0.15) is 5.82 Å². The molecule has 0 atom stereocenters. The summed E-state index contributed by atoms with van der Waals surface area (Å²) >= 11 is 12.2. The third kappa shape index (κ3) is 4.98. The molecule has 11 heteroatoms. The highest BCUT2D eigenvalue weighted by Gasteiger charge is 2.51. The van der Waals surface area contributed by atoms with E-state index in [0.29, 0.717) is 16.6 Å². The number of hydrogen-bond donors (Lipinski definition) is 2. The van der Waals surface area contributed by atoms with Crippen LogP contribution in [0.25, 0.3) is 11.4 Å². The molecule has 3 aliphatic carbocycles. The standard InChI is InChI=1S/C27H28Cl2F3N5O/c1-37-22(18-6-2-3-7-19(18)27(30,31)32)35-36-23(37)26-12-9-25(10-13-26,11-14-26)16-34-24(38)33-15-17-5-4-8-20(28)21(17)29/h2-8H,9-16H2,1H3,(H2,33,34,38). The zero-order chi connectivity index (χ0) is 27.1. The molecule has 0 unspecified atom stereocenters. The van der Waals surface area contributed by atoms with E-state index in [0.717, 1.165) is 56.0 Å². The predicted octanol–water partition coefficient (Wildman–Crippen LogP) is 6.90. The molecule has 3 saturated carbocycles. The van der Waals surface area contributed by atoms with Crippen molar-refractivity contribution in [3.8, 4) is 11.4 Å². The minimum absolute atomic E-state index is 0.00288. The van der Waals surface area contributed by atoms with Crippen LogP contribution in [0.2, 0.25) is 10.0 Å². The van der Waals surface area contributed by atoms with Crippen LogP contribution in [-0.4, -0.2) is 27.3 Å². The maximum absolute atomic E-state index is 13.6. The third-order valence-electron chi connectivity index (χ3n) is 8.32. The number of urea groups is 1. The van der Waals surface area contributed by atoms with Crippen molar-refractivity contribution in [1.29, 1.82) is 0 Å². The van der Waals surface area contributed by atoms with Crippen molar-refractivity contribution in [2.24, 2.45) is 12.5 Å². The van der Waals surface area contributed by atoms with E-state index in [1.54, 1.807) is 29.8 Å². The summed E-state index contributed by atoms with van der Waals surface area (Å²) in [7, 11) is 1.75. The number of alkyl halides is 3. The van der Waals surface area contributed by atoms with Gasteiger partial charge in [0.2, 0.25) is 0 Å². The van der Waals surface area contributed by atoms with Crippen LogP contribution in [0, 0.1) is 5.41 Å². The van der Waals surface area contributed by atoms with E-state index in [1.807, 2.05) is 6.07 Å². The average molecular weight is 566 g/mol. The van der Waals surface area contributed by atoms with Crippen molar-refractivity contribution in [3.05, 3.63) is 69.5 Å².